The Kier molecular flexibility index (Phi) is 5.85. The first kappa shape index (κ1) is 24.5. The van der Waals surface area contributed by atoms with Crippen LogP contribution in [-0.4, -0.2) is 11.8 Å². The van der Waals surface area contributed by atoms with E-state index in [4.69, 9.17) is 0 Å². The summed E-state index contributed by atoms with van der Waals surface area (Å²) in [6, 6.07) is 20.7. The molecule has 3 aliphatic carbocycles. The Morgan fingerprint density at radius 2 is 1.57 bits per heavy atom. The number of hydrogen-bond acceptors (Lipinski definition) is 2. The Hall–Kier alpha value is -2.88. The third-order valence-electron chi connectivity index (χ3n) is 11.0. The van der Waals surface area contributed by atoms with E-state index in [1.807, 2.05) is 12.1 Å². The van der Waals surface area contributed by atoms with E-state index in [9.17, 15) is 9.59 Å². The third-order valence-corrected chi connectivity index (χ3v) is 11.0. The van der Waals surface area contributed by atoms with Gasteiger partial charge in [-0.2, -0.15) is 0 Å². The van der Waals surface area contributed by atoms with Crippen molar-refractivity contribution in [3.63, 3.8) is 0 Å². The molecule has 2 aromatic carbocycles. The zero-order valence-electron chi connectivity index (χ0n) is 22.4. The molecule has 1 saturated heterocycles. The number of carbonyl (C=O) groups excluding carboxylic acids is 2. The molecule has 4 aliphatic rings. The molecule has 4 heteroatoms. The standard InChI is InChI=1S/C33H40N2O2/c1-31-20-18-26-24(14-17-28-32(26,2)21-19-29(36)34-28)25(31)15-16-27(31)30(37)35-33(3,22-10-6-4-7-11-22)23-12-8-5-9-13-23/h4-13,17,24-27H,14-16,18-21H2,1-3H3,(H,34,36)(H,35,37)/t24-,25-,26-,27?,31-,32+/m0/s1. The molecule has 0 radical (unpaired) electrons. The Morgan fingerprint density at radius 1 is 0.919 bits per heavy atom. The molecule has 2 N–H and O–H groups in total. The van der Waals surface area contributed by atoms with Crippen LogP contribution < -0.4 is 10.6 Å². The lowest BCUT2D eigenvalue weighted by Crippen LogP contribution is -2.55. The molecule has 37 heavy (non-hydrogen) atoms. The van der Waals surface area contributed by atoms with Crippen LogP contribution in [0.2, 0.25) is 0 Å². The van der Waals surface area contributed by atoms with Gasteiger partial charge in [-0.3, -0.25) is 9.59 Å². The van der Waals surface area contributed by atoms with Gasteiger partial charge in [0.15, 0.2) is 0 Å². The van der Waals surface area contributed by atoms with Gasteiger partial charge in [-0.25, -0.2) is 0 Å². The van der Waals surface area contributed by atoms with Crippen LogP contribution in [0.3, 0.4) is 0 Å². The van der Waals surface area contributed by atoms with Crippen LogP contribution in [-0.2, 0) is 15.1 Å². The lowest BCUT2D eigenvalue weighted by molar-refractivity contribution is -0.134. The minimum atomic E-state index is -0.582. The molecule has 0 aromatic heterocycles. The fraction of sp³-hybridized carbons (Fsp3) is 0.515. The topological polar surface area (TPSA) is 58.2 Å². The molecule has 6 rings (SSSR count). The fourth-order valence-electron chi connectivity index (χ4n) is 8.81. The summed E-state index contributed by atoms with van der Waals surface area (Å²) in [5, 5.41) is 6.76. The molecule has 0 spiro atoms. The van der Waals surface area contributed by atoms with Gasteiger partial charge in [0.1, 0.15) is 0 Å². The van der Waals surface area contributed by atoms with Gasteiger partial charge in [0.2, 0.25) is 11.8 Å². The molecule has 1 aliphatic heterocycles. The quantitative estimate of drug-likeness (QED) is 0.520. The summed E-state index contributed by atoms with van der Waals surface area (Å²) in [4.78, 5) is 26.3. The average Bonchev–Trinajstić information content (AvgIpc) is 3.27. The summed E-state index contributed by atoms with van der Waals surface area (Å²) in [6.07, 6.45) is 9.22. The SMILES string of the molecule is CC(NC(=O)C1CC[C@H]2[C@@H]3CC=C4NC(=O)CC[C@]4(C)[C@H]3CC[C@]12C)(c1ccccc1)c1ccccc1. The minimum absolute atomic E-state index is 0.0130. The average molecular weight is 497 g/mol. The third kappa shape index (κ3) is 3.78. The van der Waals surface area contributed by atoms with Gasteiger partial charge in [-0.15, -0.1) is 0 Å². The van der Waals surface area contributed by atoms with E-state index in [0.29, 0.717) is 24.2 Å². The molecule has 1 heterocycles. The maximum absolute atomic E-state index is 14.2. The molecule has 0 bridgehead atoms. The van der Waals surface area contributed by atoms with Gasteiger partial charge >= 0.3 is 0 Å². The number of fused-ring (bicyclic) bond motifs is 5. The summed E-state index contributed by atoms with van der Waals surface area (Å²) >= 11 is 0. The molecule has 194 valence electrons. The van der Waals surface area contributed by atoms with E-state index in [0.717, 1.165) is 49.7 Å². The largest absolute Gasteiger partial charge is 0.342 e. The predicted molar refractivity (Wildman–Crippen MR) is 146 cm³/mol. The van der Waals surface area contributed by atoms with E-state index in [2.05, 4.69) is 86.0 Å². The van der Waals surface area contributed by atoms with Crippen LogP contribution in [0.5, 0.6) is 0 Å². The Bertz CT molecular complexity index is 1180. The first-order valence-electron chi connectivity index (χ1n) is 14.2. The highest BCUT2D eigenvalue weighted by molar-refractivity contribution is 5.82. The first-order valence-corrected chi connectivity index (χ1v) is 14.2. The van der Waals surface area contributed by atoms with Crippen molar-refractivity contribution in [3.05, 3.63) is 83.6 Å². The van der Waals surface area contributed by atoms with Crippen molar-refractivity contribution < 1.29 is 9.59 Å². The predicted octanol–water partition coefficient (Wildman–Crippen LogP) is 6.33. The number of carbonyl (C=O) groups is 2. The number of amides is 2. The van der Waals surface area contributed by atoms with Crippen LogP contribution in [0.25, 0.3) is 0 Å². The van der Waals surface area contributed by atoms with Crippen molar-refractivity contribution in [1.82, 2.24) is 10.6 Å². The Labute approximate surface area is 221 Å². The van der Waals surface area contributed by atoms with Crippen LogP contribution in [0.4, 0.5) is 0 Å². The molecule has 6 atom stereocenters. The van der Waals surface area contributed by atoms with Crippen LogP contribution in [0.15, 0.2) is 72.4 Å². The minimum Gasteiger partial charge on any atom is -0.342 e. The molecule has 2 saturated carbocycles. The van der Waals surface area contributed by atoms with Gasteiger partial charge in [0.05, 0.1) is 5.54 Å². The van der Waals surface area contributed by atoms with E-state index >= 15 is 0 Å². The van der Waals surface area contributed by atoms with E-state index in [1.165, 1.54) is 5.70 Å². The lowest BCUT2D eigenvalue weighted by Gasteiger charge is -2.57. The summed E-state index contributed by atoms with van der Waals surface area (Å²) in [5.74, 6) is 2.12. The molecular weight excluding hydrogens is 456 g/mol. The van der Waals surface area contributed by atoms with Crippen molar-refractivity contribution in [3.8, 4) is 0 Å². The van der Waals surface area contributed by atoms with Gasteiger partial charge < -0.3 is 10.6 Å². The lowest BCUT2D eigenvalue weighted by atomic mass is 9.49. The maximum atomic E-state index is 14.2. The first-order chi connectivity index (χ1) is 17.8. The number of allylic oxidation sites excluding steroid dienone is 2. The summed E-state index contributed by atoms with van der Waals surface area (Å²) in [7, 11) is 0. The second-order valence-corrected chi connectivity index (χ2v) is 12.7. The van der Waals surface area contributed by atoms with Crippen LogP contribution in [0.1, 0.15) is 76.8 Å². The second-order valence-electron chi connectivity index (χ2n) is 12.7. The highest BCUT2D eigenvalue weighted by Gasteiger charge is 2.60. The van der Waals surface area contributed by atoms with Gasteiger partial charge in [0, 0.05) is 23.5 Å². The number of benzene rings is 2. The van der Waals surface area contributed by atoms with E-state index in [1.54, 1.807) is 0 Å². The highest BCUT2D eigenvalue weighted by atomic mass is 16.2. The zero-order chi connectivity index (χ0) is 25.8. The van der Waals surface area contributed by atoms with Gasteiger partial charge in [-0.1, -0.05) is 80.6 Å². The molecule has 2 aromatic rings. The smallest absolute Gasteiger partial charge is 0.224 e. The van der Waals surface area contributed by atoms with Crippen molar-refractivity contribution in [1.29, 1.82) is 0 Å². The maximum Gasteiger partial charge on any atom is 0.224 e. The monoisotopic (exact) mass is 496 g/mol. The number of nitrogens with one attached hydrogen (secondary N) is 2. The summed E-state index contributed by atoms with van der Waals surface area (Å²) in [5.41, 5.74) is 2.88. The fourth-order valence-corrected chi connectivity index (χ4v) is 8.81. The van der Waals surface area contributed by atoms with Gasteiger partial charge in [0.25, 0.3) is 0 Å². The number of rotatable bonds is 4. The zero-order valence-corrected chi connectivity index (χ0v) is 22.4. The Morgan fingerprint density at radius 3 is 2.22 bits per heavy atom. The number of hydrogen-bond donors (Lipinski definition) is 2. The molecule has 3 fully saturated rings. The van der Waals surface area contributed by atoms with Crippen molar-refractivity contribution in [2.45, 2.75) is 71.3 Å². The normalized spacial score (nSPS) is 34.9. The molecule has 1 unspecified atom stereocenters. The molecule has 2 amide bonds. The van der Waals surface area contributed by atoms with E-state index in [-0.39, 0.29) is 28.6 Å². The second kappa shape index (κ2) is 8.85. The van der Waals surface area contributed by atoms with Crippen molar-refractivity contribution >= 4 is 11.8 Å². The summed E-state index contributed by atoms with van der Waals surface area (Å²) < 4.78 is 0. The van der Waals surface area contributed by atoms with Crippen LogP contribution >= 0.6 is 0 Å². The molecular formula is C33H40N2O2. The van der Waals surface area contributed by atoms with Gasteiger partial charge in [-0.05, 0) is 79.7 Å². The highest BCUT2D eigenvalue weighted by Crippen LogP contribution is 2.65. The number of piperidine rings is 1. The van der Waals surface area contributed by atoms with E-state index < -0.39 is 5.54 Å². The van der Waals surface area contributed by atoms with Crippen molar-refractivity contribution in [2.75, 3.05) is 0 Å². The molecule has 4 nitrogen and oxygen atoms in total. The Balaban J connectivity index is 1.27. The summed E-state index contributed by atoms with van der Waals surface area (Å²) in [6.45, 7) is 6.92. The van der Waals surface area contributed by atoms with Crippen LogP contribution in [0, 0.1) is 34.5 Å². The van der Waals surface area contributed by atoms with Crippen molar-refractivity contribution in [2.24, 2.45) is 34.5 Å².